The van der Waals surface area contributed by atoms with E-state index in [2.05, 4.69) is 4.99 Å². The Balaban J connectivity index is 2.67. The molecule has 0 aliphatic carbocycles. The first kappa shape index (κ1) is 11.8. The molecule has 0 heterocycles. The molecule has 0 fully saturated rings. The van der Waals surface area contributed by atoms with Crippen molar-refractivity contribution in [2.45, 2.75) is 5.75 Å². The molecular formula is C10H13FN2OS. The third kappa shape index (κ3) is 3.43. The highest BCUT2D eigenvalue weighted by Crippen LogP contribution is 2.20. The lowest BCUT2D eigenvalue weighted by Crippen LogP contribution is -2.06. The van der Waals surface area contributed by atoms with Gasteiger partial charge in [-0.15, -0.1) is 0 Å². The largest absolute Gasteiger partial charge is 0.494 e. The third-order valence-corrected chi connectivity index (χ3v) is 2.78. The molecule has 0 aromatic heterocycles. The first-order valence-electron chi connectivity index (χ1n) is 4.35. The molecule has 0 unspecified atom stereocenters. The maximum absolute atomic E-state index is 13.3. The fourth-order valence-corrected chi connectivity index (χ4v) is 1.64. The molecule has 0 radical (unpaired) electrons. The number of nitrogens with two attached hydrogens (primary N) is 1. The van der Waals surface area contributed by atoms with Crippen LogP contribution in [-0.4, -0.2) is 19.3 Å². The Morgan fingerprint density at radius 1 is 1.60 bits per heavy atom. The Kier molecular flexibility index (Phi) is 4.42. The van der Waals surface area contributed by atoms with Crippen LogP contribution in [0, 0.1) is 5.82 Å². The van der Waals surface area contributed by atoms with Crippen LogP contribution in [0.15, 0.2) is 23.2 Å². The van der Waals surface area contributed by atoms with Crippen LogP contribution < -0.4 is 10.5 Å². The molecule has 0 saturated carbocycles. The molecule has 0 atom stereocenters. The Morgan fingerprint density at radius 3 is 2.87 bits per heavy atom. The molecule has 2 N–H and O–H groups in total. The molecule has 15 heavy (non-hydrogen) atoms. The number of benzene rings is 1. The van der Waals surface area contributed by atoms with E-state index in [9.17, 15) is 4.39 Å². The van der Waals surface area contributed by atoms with Crippen LogP contribution in [0.3, 0.4) is 0 Å². The number of amidine groups is 1. The number of aliphatic imine (C=N–C) groups is 1. The molecule has 0 amide bonds. The SMILES string of the molecule is CN=C(N)SCc1ccc(OC)c(F)c1. The molecule has 0 saturated heterocycles. The van der Waals surface area contributed by atoms with Crippen LogP contribution in [0.1, 0.15) is 5.56 Å². The molecule has 82 valence electrons. The number of hydrogen-bond acceptors (Lipinski definition) is 3. The van der Waals surface area contributed by atoms with Gasteiger partial charge < -0.3 is 10.5 Å². The van der Waals surface area contributed by atoms with Crippen molar-refractivity contribution in [1.82, 2.24) is 0 Å². The lowest BCUT2D eigenvalue weighted by molar-refractivity contribution is 0.386. The summed E-state index contributed by atoms with van der Waals surface area (Å²) in [4.78, 5) is 3.80. The minimum Gasteiger partial charge on any atom is -0.494 e. The van der Waals surface area contributed by atoms with E-state index in [1.54, 1.807) is 19.2 Å². The van der Waals surface area contributed by atoms with Gasteiger partial charge in [-0.25, -0.2) is 4.39 Å². The second-order valence-electron chi connectivity index (χ2n) is 2.82. The summed E-state index contributed by atoms with van der Waals surface area (Å²) in [5.74, 6) is 0.493. The Hall–Kier alpha value is -1.23. The van der Waals surface area contributed by atoms with E-state index >= 15 is 0 Å². The zero-order valence-corrected chi connectivity index (χ0v) is 9.47. The van der Waals surface area contributed by atoms with Crippen molar-refractivity contribution >= 4 is 16.9 Å². The quantitative estimate of drug-likeness (QED) is 0.636. The summed E-state index contributed by atoms with van der Waals surface area (Å²) in [6.07, 6.45) is 0. The van der Waals surface area contributed by atoms with E-state index in [1.807, 2.05) is 0 Å². The number of ether oxygens (including phenoxy) is 1. The number of nitrogens with zero attached hydrogens (tertiary/aromatic N) is 1. The van der Waals surface area contributed by atoms with Gasteiger partial charge in [0.25, 0.3) is 0 Å². The van der Waals surface area contributed by atoms with E-state index in [4.69, 9.17) is 10.5 Å². The van der Waals surface area contributed by atoms with E-state index in [0.29, 0.717) is 10.9 Å². The van der Waals surface area contributed by atoms with Crippen LogP contribution >= 0.6 is 11.8 Å². The van der Waals surface area contributed by atoms with Crippen molar-refractivity contribution in [3.8, 4) is 5.75 Å². The Morgan fingerprint density at radius 2 is 2.33 bits per heavy atom. The standard InChI is InChI=1S/C10H13FN2OS/c1-13-10(12)15-6-7-3-4-9(14-2)8(11)5-7/h3-5H,6H2,1-2H3,(H2,12,13). The second-order valence-corrected chi connectivity index (χ2v) is 3.82. The summed E-state index contributed by atoms with van der Waals surface area (Å²) >= 11 is 1.37. The van der Waals surface area contributed by atoms with Crippen molar-refractivity contribution in [1.29, 1.82) is 0 Å². The highest BCUT2D eigenvalue weighted by atomic mass is 32.2. The fraction of sp³-hybridized carbons (Fsp3) is 0.300. The van der Waals surface area contributed by atoms with Crippen LogP contribution in [-0.2, 0) is 5.75 Å². The number of thioether (sulfide) groups is 1. The van der Waals surface area contributed by atoms with E-state index < -0.39 is 0 Å². The van der Waals surface area contributed by atoms with E-state index in [0.717, 1.165) is 5.56 Å². The van der Waals surface area contributed by atoms with Crippen molar-refractivity contribution < 1.29 is 9.13 Å². The summed E-state index contributed by atoms with van der Waals surface area (Å²) in [6, 6.07) is 4.84. The predicted molar refractivity (Wildman–Crippen MR) is 61.8 cm³/mol. The fourth-order valence-electron chi connectivity index (χ4n) is 1.02. The molecule has 0 bridgehead atoms. The zero-order valence-electron chi connectivity index (χ0n) is 8.66. The van der Waals surface area contributed by atoms with Crippen LogP contribution in [0.25, 0.3) is 0 Å². The highest BCUT2D eigenvalue weighted by Gasteiger charge is 2.03. The summed E-state index contributed by atoms with van der Waals surface area (Å²) in [5, 5.41) is 0.492. The Labute approximate surface area is 92.5 Å². The minimum absolute atomic E-state index is 0.251. The van der Waals surface area contributed by atoms with Crippen LogP contribution in [0.2, 0.25) is 0 Å². The number of halogens is 1. The Bertz CT molecular complexity index is 368. The van der Waals surface area contributed by atoms with Crippen molar-refractivity contribution in [3.05, 3.63) is 29.6 Å². The minimum atomic E-state index is -0.359. The molecular weight excluding hydrogens is 215 g/mol. The average Bonchev–Trinajstić information content (AvgIpc) is 2.26. The van der Waals surface area contributed by atoms with Gasteiger partial charge in [0.1, 0.15) is 0 Å². The first-order valence-corrected chi connectivity index (χ1v) is 5.33. The summed E-state index contributed by atoms with van der Waals surface area (Å²) < 4.78 is 18.1. The molecule has 3 nitrogen and oxygen atoms in total. The van der Waals surface area contributed by atoms with Crippen molar-refractivity contribution in [2.24, 2.45) is 10.7 Å². The summed E-state index contributed by atoms with van der Waals surface area (Å²) in [7, 11) is 3.06. The van der Waals surface area contributed by atoms with E-state index in [-0.39, 0.29) is 11.6 Å². The number of hydrogen-bond donors (Lipinski definition) is 1. The molecule has 0 aliphatic rings. The third-order valence-electron chi connectivity index (χ3n) is 1.82. The van der Waals surface area contributed by atoms with Crippen LogP contribution in [0.5, 0.6) is 5.75 Å². The first-order chi connectivity index (χ1) is 7.17. The molecule has 0 spiro atoms. The van der Waals surface area contributed by atoms with Gasteiger partial charge in [0.15, 0.2) is 16.7 Å². The predicted octanol–water partition coefficient (Wildman–Crippen LogP) is 2.01. The lowest BCUT2D eigenvalue weighted by atomic mass is 10.2. The lowest BCUT2D eigenvalue weighted by Gasteiger charge is -2.04. The summed E-state index contributed by atoms with van der Waals surface area (Å²) in [5.41, 5.74) is 6.36. The topological polar surface area (TPSA) is 47.6 Å². The smallest absolute Gasteiger partial charge is 0.165 e. The number of rotatable bonds is 3. The van der Waals surface area contributed by atoms with Gasteiger partial charge in [0, 0.05) is 12.8 Å². The molecule has 5 heteroatoms. The molecule has 1 aromatic carbocycles. The van der Waals surface area contributed by atoms with Gasteiger partial charge in [-0.3, -0.25) is 4.99 Å². The van der Waals surface area contributed by atoms with Crippen molar-refractivity contribution in [3.63, 3.8) is 0 Å². The van der Waals surface area contributed by atoms with Gasteiger partial charge in [0.2, 0.25) is 0 Å². The highest BCUT2D eigenvalue weighted by molar-refractivity contribution is 8.13. The normalized spacial score (nSPS) is 11.5. The second kappa shape index (κ2) is 5.60. The van der Waals surface area contributed by atoms with Gasteiger partial charge in [0.05, 0.1) is 7.11 Å². The number of methoxy groups -OCH3 is 1. The van der Waals surface area contributed by atoms with Gasteiger partial charge >= 0.3 is 0 Å². The maximum Gasteiger partial charge on any atom is 0.165 e. The van der Waals surface area contributed by atoms with E-state index in [1.165, 1.54) is 24.9 Å². The zero-order chi connectivity index (χ0) is 11.3. The van der Waals surface area contributed by atoms with Gasteiger partial charge in [-0.05, 0) is 17.7 Å². The van der Waals surface area contributed by atoms with Crippen LogP contribution in [0.4, 0.5) is 4.39 Å². The molecule has 1 aromatic rings. The van der Waals surface area contributed by atoms with Crippen molar-refractivity contribution in [2.75, 3.05) is 14.2 Å². The van der Waals surface area contributed by atoms with Gasteiger partial charge in [-0.2, -0.15) is 0 Å². The maximum atomic E-state index is 13.3. The summed E-state index contributed by atoms with van der Waals surface area (Å²) in [6.45, 7) is 0. The monoisotopic (exact) mass is 228 g/mol. The average molecular weight is 228 g/mol. The molecule has 1 rings (SSSR count). The molecule has 0 aliphatic heterocycles. The van der Waals surface area contributed by atoms with Gasteiger partial charge in [-0.1, -0.05) is 17.8 Å².